The van der Waals surface area contributed by atoms with Gasteiger partial charge in [-0.05, 0) is 56.2 Å². The van der Waals surface area contributed by atoms with Gasteiger partial charge in [-0.15, -0.1) is 0 Å². The first-order chi connectivity index (χ1) is 12.6. The van der Waals surface area contributed by atoms with E-state index in [2.05, 4.69) is 5.32 Å². The highest BCUT2D eigenvalue weighted by molar-refractivity contribution is 7.92. The average Bonchev–Trinajstić information content (AvgIpc) is 2.61. The normalized spacial score (nSPS) is 12.3. The van der Waals surface area contributed by atoms with E-state index in [9.17, 15) is 13.2 Å². The summed E-state index contributed by atoms with van der Waals surface area (Å²) in [5.74, 6) is 0.282. The molecule has 2 aromatic carbocycles. The Morgan fingerprint density at radius 1 is 1.15 bits per heavy atom. The fourth-order valence-electron chi connectivity index (χ4n) is 2.58. The third-order valence-electron chi connectivity index (χ3n) is 4.28. The van der Waals surface area contributed by atoms with E-state index < -0.39 is 16.1 Å². The SMILES string of the molecule is CC[C@@H](Oc1ccc(N(C)S(C)(=O)=O)cc1)C(=O)Nc1ccc(C)cc1C. The predicted octanol–water partition coefficient (Wildman–Crippen LogP) is 3.50. The molecular formula is C20H26N2O4S. The van der Waals surface area contributed by atoms with Crippen LogP contribution in [0.2, 0.25) is 0 Å². The number of rotatable bonds is 7. The molecule has 6 nitrogen and oxygen atoms in total. The summed E-state index contributed by atoms with van der Waals surface area (Å²) in [7, 11) is -1.84. The molecule has 1 N–H and O–H groups in total. The number of anilines is 2. The number of hydrogen-bond donors (Lipinski definition) is 1. The van der Waals surface area contributed by atoms with Crippen LogP contribution >= 0.6 is 0 Å². The second kappa shape index (κ2) is 8.43. The number of aryl methyl sites for hydroxylation is 2. The molecule has 0 aliphatic rings. The van der Waals surface area contributed by atoms with Gasteiger partial charge in [0.2, 0.25) is 10.0 Å². The molecule has 0 fully saturated rings. The Balaban J connectivity index is 2.08. The summed E-state index contributed by atoms with van der Waals surface area (Å²) in [6.07, 6.45) is 0.994. The van der Waals surface area contributed by atoms with Crippen LogP contribution in [-0.2, 0) is 14.8 Å². The maximum absolute atomic E-state index is 12.6. The first-order valence-corrected chi connectivity index (χ1v) is 10.6. The van der Waals surface area contributed by atoms with Crippen LogP contribution in [-0.4, -0.2) is 33.7 Å². The lowest BCUT2D eigenvalue weighted by Crippen LogP contribution is -2.32. The van der Waals surface area contributed by atoms with E-state index in [0.29, 0.717) is 17.9 Å². The third-order valence-corrected chi connectivity index (χ3v) is 5.48. The zero-order valence-corrected chi connectivity index (χ0v) is 17.1. The summed E-state index contributed by atoms with van der Waals surface area (Å²) in [6, 6.07) is 12.4. The van der Waals surface area contributed by atoms with Crippen molar-refractivity contribution in [3.63, 3.8) is 0 Å². The molecular weight excluding hydrogens is 364 g/mol. The minimum Gasteiger partial charge on any atom is -0.481 e. The van der Waals surface area contributed by atoms with Gasteiger partial charge in [0.1, 0.15) is 5.75 Å². The lowest BCUT2D eigenvalue weighted by atomic mass is 10.1. The molecule has 27 heavy (non-hydrogen) atoms. The summed E-state index contributed by atoms with van der Waals surface area (Å²) in [5.41, 5.74) is 3.41. The highest BCUT2D eigenvalue weighted by atomic mass is 32.2. The fourth-order valence-corrected chi connectivity index (χ4v) is 3.08. The second-order valence-electron chi connectivity index (χ2n) is 6.55. The van der Waals surface area contributed by atoms with Gasteiger partial charge < -0.3 is 10.1 Å². The van der Waals surface area contributed by atoms with Crippen molar-refractivity contribution in [3.8, 4) is 5.75 Å². The summed E-state index contributed by atoms with van der Waals surface area (Å²) in [6.45, 7) is 5.82. The summed E-state index contributed by atoms with van der Waals surface area (Å²) in [4.78, 5) is 12.6. The number of benzene rings is 2. The molecule has 146 valence electrons. The lowest BCUT2D eigenvalue weighted by Gasteiger charge is -2.20. The van der Waals surface area contributed by atoms with Gasteiger partial charge in [-0.2, -0.15) is 0 Å². The molecule has 0 aromatic heterocycles. The minimum absolute atomic E-state index is 0.221. The Morgan fingerprint density at radius 3 is 2.30 bits per heavy atom. The zero-order chi connectivity index (χ0) is 20.2. The number of sulfonamides is 1. The van der Waals surface area contributed by atoms with Crippen molar-refractivity contribution < 1.29 is 17.9 Å². The fraction of sp³-hybridized carbons (Fsp3) is 0.350. The van der Waals surface area contributed by atoms with Crippen LogP contribution in [0.5, 0.6) is 5.75 Å². The van der Waals surface area contributed by atoms with E-state index in [1.54, 1.807) is 24.3 Å². The van der Waals surface area contributed by atoms with E-state index in [-0.39, 0.29) is 5.91 Å². The monoisotopic (exact) mass is 390 g/mol. The Kier molecular flexibility index (Phi) is 6.49. The molecule has 0 spiro atoms. The molecule has 1 amide bonds. The molecule has 0 bridgehead atoms. The maximum Gasteiger partial charge on any atom is 0.265 e. The number of carbonyl (C=O) groups excluding carboxylic acids is 1. The number of hydrogen-bond acceptors (Lipinski definition) is 4. The van der Waals surface area contributed by atoms with Crippen LogP contribution in [0.4, 0.5) is 11.4 Å². The van der Waals surface area contributed by atoms with Crippen LogP contribution < -0.4 is 14.4 Å². The van der Waals surface area contributed by atoms with Crippen molar-refractivity contribution >= 4 is 27.3 Å². The number of nitrogens with zero attached hydrogens (tertiary/aromatic N) is 1. The molecule has 0 heterocycles. The Labute approximate surface area is 161 Å². The predicted molar refractivity (Wildman–Crippen MR) is 109 cm³/mol. The van der Waals surface area contributed by atoms with Gasteiger partial charge in [0, 0.05) is 12.7 Å². The molecule has 2 aromatic rings. The Bertz CT molecular complexity index is 908. The van der Waals surface area contributed by atoms with E-state index in [4.69, 9.17) is 4.74 Å². The first kappa shape index (κ1) is 20.8. The molecule has 0 saturated carbocycles. The van der Waals surface area contributed by atoms with Crippen molar-refractivity contribution in [2.75, 3.05) is 22.9 Å². The van der Waals surface area contributed by atoms with Crippen molar-refractivity contribution in [2.24, 2.45) is 0 Å². The van der Waals surface area contributed by atoms with Crippen molar-refractivity contribution in [1.82, 2.24) is 0 Å². The Hall–Kier alpha value is -2.54. The number of amides is 1. The molecule has 1 atom stereocenters. The van der Waals surface area contributed by atoms with Crippen molar-refractivity contribution in [2.45, 2.75) is 33.3 Å². The maximum atomic E-state index is 12.6. The molecule has 0 aliphatic carbocycles. The van der Waals surface area contributed by atoms with Gasteiger partial charge in [-0.3, -0.25) is 9.10 Å². The topological polar surface area (TPSA) is 75.7 Å². The molecule has 0 unspecified atom stereocenters. The number of ether oxygens (including phenoxy) is 1. The molecule has 0 aliphatic heterocycles. The molecule has 7 heteroatoms. The standard InChI is InChI=1S/C20H26N2O4S/c1-6-19(20(23)21-18-12-7-14(2)13-15(18)3)26-17-10-8-16(9-11-17)22(4)27(5,24)25/h7-13,19H,6H2,1-5H3,(H,21,23)/t19-/m1/s1. The van der Waals surface area contributed by atoms with E-state index in [1.807, 2.05) is 39.0 Å². The first-order valence-electron chi connectivity index (χ1n) is 8.70. The van der Waals surface area contributed by atoms with E-state index in [1.165, 1.54) is 11.4 Å². The molecule has 0 saturated heterocycles. The average molecular weight is 391 g/mol. The van der Waals surface area contributed by atoms with Crippen LogP contribution in [0.1, 0.15) is 24.5 Å². The van der Waals surface area contributed by atoms with Gasteiger partial charge in [-0.25, -0.2) is 8.42 Å². The second-order valence-corrected chi connectivity index (χ2v) is 8.56. The number of carbonyl (C=O) groups is 1. The summed E-state index contributed by atoms with van der Waals surface area (Å²) >= 11 is 0. The van der Waals surface area contributed by atoms with Gasteiger partial charge in [0.25, 0.3) is 5.91 Å². The lowest BCUT2D eigenvalue weighted by molar-refractivity contribution is -0.122. The van der Waals surface area contributed by atoms with Gasteiger partial charge in [0.05, 0.1) is 11.9 Å². The van der Waals surface area contributed by atoms with Crippen LogP contribution in [0.25, 0.3) is 0 Å². The van der Waals surface area contributed by atoms with E-state index >= 15 is 0 Å². The van der Waals surface area contributed by atoms with Crippen molar-refractivity contribution in [1.29, 1.82) is 0 Å². The highest BCUT2D eigenvalue weighted by Gasteiger charge is 2.19. The molecule has 0 radical (unpaired) electrons. The molecule has 2 rings (SSSR count). The van der Waals surface area contributed by atoms with Gasteiger partial charge in [0.15, 0.2) is 6.10 Å². The number of nitrogens with one attached hydrogen (secondary N) is 1. The summed E-state index contributed by atoms with van der Waals surface area (Å²) in [5, 5.41) is 2.91. The quantitative estimate of drug-likeness (QED) is 0.785. The van der Waals surface area contributed by atoms with Crippen LogP contribution in [0, 0.1) is 13.8 Å². The van der Waals surface area contributed by atoms with Crippen LogP contribution in [0.3, 0.4) is 0 Å². The minimum atomic E-state index is -3.32. The van der Waals surface area contributed by atoms with Crippen LogP contribution in [0.15, 0.2) is 42.5 Å². The smallest absolute Gasteiger partial charge is 0.265 e. The van der Waals surface area contributed by atoms with Gasteiger partial charge >= 0.3 is 0 Å². The van der Waals surface area contributed by atoms with Gasteiger partial charge in [-0.1, -0.05) is 24.6 Å². The third kappa shape index (κ3) is 5.47. The summed E-state index contributed by atoms with van der Waals surface area (Å²) < 4.78 is 30.2. The van der Waals surface area contributed by atoms with E-state index in [0.717, 1.165) is 23.1 Å². The van der Waals surface area contributed by atoms with Crippen molar-refractivity contribution in [3.05, 3.63) is 53.6 Å². The Morgan fingerprint density at radius 2 is 1.78 bits per heavy atom. The zero-order valence-electron chi connectivity index (χ0n) is 16.3. The largest absolute Gasteiger partial charge is 0.481 e. The highest BCUT2D eigenvalue weighted by Crippen LogP contribution is 2.22.